The lowest BCUT2D eigenvalue weighted by molar-refractivity contribution is 0.187. The third-order valence-corrected chi connectivity index (χ3v) is 3.19. The second-order valence-electron chi connectivity index (χ2n) is 4.76. The van der Waals surface area contributed by atoms with Crippen molar-refractivity contribution in [3.8, 4) is 5.75 Å². The summed E-state index contributed by atoms with van der Waals surface area (Å²) in [4.78, 5) is 0. The van der Waals surface area contributed by atoms with E-state index in [1.165, 1.54) is 6.42 Å². The molecule has 16 heavy (non-hydrogen) atoms. The topological polar surface area (TPSA) is 9.23 Å². The maximum absolute atomic E-state index is 5.94. The van der Waals surface area contributed by atoms with Gasteiger partial charge in [-0.2, -0.15) is 0 Å². The minimum absolute atomic E-state index is 0.366. The SMILES string of the molecule is CC(C)C1=CCC(Oc2ccccc2)CC1. The number of benzene rings is 1. The van der Waals surface area contributed by atoms with Crippen LogP contribution in [0.25, 0.3) is 0 Å². The summed E-state index contributed by atoms with van der Waals surface area (Å²) in [6.45, 7) is 4.54. The van der Waals surface area contributed by atoms with Gasteiger partial charge in [0.2, 0.25) is 0 Å². The van der Waals surface area contributed by atoms with Crippen LogP contribution in [0.1, 0.15) is 33.1 Å². The lowest BCUT2D eigenvalue weighted by Gasteiger charge is -2.24. The molecule has 1 aromatic rings. The summed E-state index contributed by atoms with van der Waals surface area (Å²) in [5.41, 5.74) is 1.59. The van der Waals surface area contributed by atoms with E-state index in [-0.39, 0.29) is 0 Å². The molecule has 86 valence electrons. The van der Waals surface area contributed by atoms with Crippen molar-refractivity contribution in [1.82, 2.24) is 0 Å². The second kappa shape index (κ2) is 5.20. The summed E-state index contributed by atoms with van der Waals surface area (Å²) in [7, 11) is 0. The van der Waals surface area contributed by atoms with Gasteiger partial charge in [-0.05, 0) is 30.9 Å². The fraction of sp³-hybridized carbons (Fsp3) is 0.467. The lowest BCUT2D eigenvalue weighted by atomic mass is 9.90. The average Bonchev–Trinajstić information content (AvgIpc) is 2.31. The van der Waals surface area contributed by atoms with Crippen molar-refractivity contribution in [1.29, 1.82) is 0 Å². The highest BCUT2D eigenvalue weighted by Crippen LogP contribution is 2.26. The minimum atomic E-state index is 0.366. The first-order valence-electron chi connectivity index (χ1n) is 6.16. The molecule has 1 aliphatic rings. The molecule has 0 spiro atoms. The monoisotopic (exact) mass is 216 g/mol. The molecule has 0 saturated heterocycles. The molecule has 1 aromatic carbocycles. The van der Waals surface area contributed by atoms with Crippen molar-refractivity contribution in [2.75, 3.05) is 0 Å². The van der Waals surface area contributed by atoms with Gasteiger partial charge in [-0.3, -0.25) is 0 Å². The highest BCUT2D eigenvalue weighted by Gasteiger charge is 2.17. The van der Waals surface area contributed by atoms with Gasteiger partial charge in [-0.25, -0.2) is 0 Å². The Balaban J connectivity index is 1.91. The van der Waals surface area contributed by atoms with Gasteiger partial charge in [-0.1, -0.05) is 43.7 Å². The summed E-state index contributed by atoms with van der Waals surface area (Å²) < 4.78 is 5.94. The van der Waals surface area contributed by atoms with Crippen LogP contribution in [0.15, 0.2) is 42.0 Å². The molecule has 0 bridgehead atoms. The Labute approximate surface area is 98.1 Å². The molecular weight excluding hydrogens is 196 g/mol. The van der Waals surface area contributed by atoms with Crippen molar-refractivity contribution >= 4 is 0 Å². The second-order valence-corrected chi connectivity index (χ2v) is 4.76. The van der Waals surface area contributed by atoms with Gasteiger partial charge in [0.1, 0.15) is 11.9 Å². The zero-order valence-electron chi connectivity index (χ0n) is 10.1. The van der Waals surface area contributed by atoms with E-state index in [2.05, 4.69) is 19.9 Å². The van der Waals surface area contributed by atoms with Crippen molar-refractivity contribution in [2.24, 2.45) is 5.92 Å². The van der Waals surface area contributed by atoms with E-state index in [4.69, 9.17) is 4.74 Å². The first kappa shape index (κ1) is 11.3. The zero-order valence-corrected chi connectivity index (χ0v) is 10.1. The Morgan fingerprint density at radius 2 is 1.94 bits per heavy atom. The molecule has 0 saturated carbocycles. The van der Waals surface area contributed by atoms with E-state index in [0.717, 1.165) is 18.6 Å². The van der Waals surface area contributed by atoms with Crippen molar-refractivity contribution in [3.05, 3.63) is 42.0 Å². The molecule has 1 unspecified atom stereocenters. The summed E-state index contributed by atoms with van der Waals surface area (Å²) in [5.74, 6) is 1.69. The molecule has 0 N–H and O–H groups in total. The number of hydrogen-bond acceptors (Lipinski definition) is 1. The summed E-state index contributed by atoms with van der Waals surface area (Å²) in [5, 5.41) is 0. The van der Waals surface area contributed by atoms with E-state index in [0.29, 0.717) is 12.0 Å². The fourth-order valence-electron chi connectivity index (χ4n) is 2.15. The number of hydrogen-bond donors (Lipinski definition) is 0. The summed E-state index contributed by atoms with van der Waals surface area (Å²) in [6.07, 6.45) is 6.13. The van der Waals surface area contributed by atoms with Gasteiger partial charge in [0.15, 0.2) is 0 Å². The Bertz CT molecular complexity index is 351. The predicted molar refractivity (Wildman–Crippen MR) is 67.6 cm³/mol. The van der Waals surface area contributed by atoms with Crippen molar-refractivity contribution in [3.63, 3.8) is 0 Å². The van der Waals surface area contributed by atoms with Gasteiger partial charge >= 0.3 is 0 Å². The first-order valence-corrected chi connectivity index (χ1v) is 6.16. The normalized spacial score (nSPS) is 20.7. The minimum Gasteiger partial charge on any atom is -0.490 e. The van der Waals surface area contributed by atoms with Gasteiger partial charge in [-0.15, -0.1) is 0 Å². The Morgan fingerprint density at radius 3 is 2.50 bits per heavy atom. The molecule has 0 heterocycles. The number of ether oxygens (including phenoxy) is 1. The van der Waals surface area contributed by atoms with Gasteiger partial charge in [0.05, 0.1) is 0 Å². The Kier molecular flexibility index (Phi) is 3.66. The van der Waals surface area contributed by atoms with Crippen LogP contribution in [0.5, 0.6) is 5.75 Å². The van der Waals surface area contributed by atoms with Crippen LogP contribution in [0.2, 0.25) is 0 Å². The molecule has 0 amide bonds. The maximum atomic E-state index is 5.94. The summed E-state index contributed by atoms with van der Waals surface area (Å²) in [6, 6.07) is 10.1. The number of allylic oxidation sites excluding steroid dienone is 1. The molecule has 0 radical (unpaired) electrons. The maximum Gasteiger partial charge on any atom is 0.119 e. The van der Waals surface area contributed by atoms with Crippen LogP contribution in [0.3, 0.4) is 0 Å². The van der Waals surface area contributed by atoms with Gasteiger partial charge in [0.25, 0.3) is 0 Å². The van der Waals surface area contributed by atoms with E-state index >= 15 is 0 Å². The van der Waals surface area contributed by atoms with Crippen LogP contribution >= 0.6 is 0 Å². The third kappa shape index (κ3) is 2.88. The molecule has 1 heteroatoms. The van der Waals surface area contributed by atoms with E-state index in [9.17, 15) is 0 Å². The first-order chi connectivity index (χ1) is 7.75. The molecule has 0 fully saturated rings. The van der Waals surface area contributed by atoms with Crippen molar-refractivity contribution in [2.45, 2.75) is 39.2 Å². The fourth-order valence-corrected chi connectivity index (χ4v) is 2.15. The van der Waals surface area contributed by atoms with E-state index in [1.807, 2.05) is 30.3 Å². The molecule has 0 aromatic heterocycles. The van der Waals surface area contributed by atoms with Crippen LogP contribution in [-0.4, -0.2) is 6.10 Å². The molecule has 1 aliphatic carbocycles. The third-order valence-electron chi connectivity index (χ3n) is 3.19. The molecule has 0 aliphatic heterocycles. The standard InChI is InChI=1S/C15H20O/c1-12(2)13-8-10-15(11-9-13)16-14-6-4-3-5-7-14/h3-8,12,15H,9-11H2,1-2H3. The van der Waals surface area contributed by atoms with Crippen LogP contribution in [0, 0.1) is 5.92 Å². The van der Waals surface area contributed by atoms with Crippen LogP contribution < -0.4 is 4.74 Å². The smallest absolute Gasteiger partial charge is 0.119 e. The predicted octanol–water partition coefficient (Wildman–Crippen LogP) is 4.20. The molecular formula is C15H20O. The van der Waals surface area contributed by atoms with Crippen LogP contribution in [0.4, 0.5) is 0 Å². The van der Waals surface area contributed by atoms with Crippen LogP contribution in [-0.2, 0) is 0 Å². The summed E-state index contributed by atoms with van der Waals surface area (Å²) >= 11 is 0. The highest BCUT2D eigenvalue weighted by atomic mass is 16.5. The largest absolute Gasteiger partial charge is 0.490 e. The number of rotatable bonds is 3. The molecule has 1 nitrogen and oxygen atoms in total. The number of para-hydroxylation sites is 1. The molecule has 1 atom stereocenters. The quantitative estimate of drug-likeness (QED) is 0.688. The van der Waals surface area contributed by atoms with Gasteiger partial charge < -0.3 is 4.74 Å². The van der Waals surface area contributed by atoms with Gasteiger partial charge in [0, 0.05) is 6.42 Å². The zero-order chi connectivity index (χ0) is 11.4. The highest BCUT2D eigenvalue weighted by molar-refractivity contribution is 5.22. The van der Waals surface area contributed by atoms with E-state index < -0.39 is 0 Å². The Hall–Kier alpha value is -1.24. The van der Waals surface area contributed by atoms with E-state index in [1.54, 1.807) is 5.57 Å². The van der Waals surface area contributed by atoms with Crippen molar-refractivity contribution < 1.29 is 4.74 Å². The lowest BCUT2D eigenvalue weighted by Crippen LogP contribution is -2.20. The molecule has 2 rings (SSSR count). The Morgan fingerprint density at radius 1 is 1.19 bits per heavy atom. The average molecular weight is 216 g/mol.